The summed E-state index contributed by atoms with van der Waals surface area (Å²) >= 11 is 1.55. The van der Waals surface area contributed by atoms with E-state index in [4.69, 9.17) is 9.47 Å². The summed E-state index contributed by atoms with van der Waals surface area (Å²) in [5.74, 6) is 1.92. The van der Waals surface area contributed by atoms with Crippen LogP contribution in [-0.2, 0) is 6.54 Å². The molecule has 1 aromatic heterocycles. The Labute approximate surface area is 169 Å². The summed E-state index contributed by atoms with van der Waals surface area (Å²) in [6.45, 7) is 5.24. The summed E-state index contributed by atoms with van der Waals surface area (Å²) in [4.78, 5) is 17.0. The third-order valence-electron chi connectivity index (χ3n) is 4.02. The highest BCUT2D eigenvalue weighted by Gasteiger charge is 2.09. The van der Waals surface area contributed by atoms with Crippen LogP contribution in [0.25, 0.3) is 10.6 Å². The second-order valence-electron chi connectivity index (χ2n) is 6.78. The number of carbonyl (C=O) groups excluding carboxylic acids is 1. The van der Waals surface area contributed by atoms with Crippen molar-refractivity contribution < 1.29 is 14.3 Å². The molecule has 0 saturated heterocycles. The molecule has 0 bridgehead atoms. The van der Waals surface area contributed by atoms with Gasteiger partial charge in [-0.15, -0.1) is 11.3 Å². The van der Waals surface area contributed by atoms with Crippen LogP contribution in [0.15, 0.2) is 53.9 Å². The van der Waals surface area contributed by atoms with Gasteiger partial charge in [0.1, 0.15) is 16.5 Å². The van der Waals surface area contributed by atoms with Crippen molar-refractivity contribution in [3.8, 4) is 22.1 Å². The molecule has 3 aromatic rings. The van der Waals surface area contributed by atoms with Gasteiger partial charge >= 0.3 is 0 Å². The number of methoxy groups -OCH3 is 1. The van der Waals surface area contributed by atoms with Crippen LogP contribution in [0.2, 0.25) is 0 Å². The van der Waals surface area contributed by atoms with Crippen LogP contribution >= 0.6 is 11.3 Å². The number of benzene rings is 2. The van der Waals surface area contributed by atoms with Crippen LogP contribution in [-0.4, -0.2) is 24.6 Å². The Kier molecular flexibility index (Phi) is 6.66. The molecule has 146 valence electrons. The highest BCUT2D eigenvalue weighted by Crippen LogP contribution is 2.25. The summed E-state index contributed by atoms with van der Waals surface area (Å²) in [6, 6.07) is 15.0. The first-order valence-electron chi connectivity index (χ1n) is 9.15. The minimum absolute atomic E-state index is 0.130. The van der Waals surface area contributed by atoms with E-state index in [0.717, 1.165) is 27.8 Å². The molecule has 1 N–H and O–H groups in total. The summed E-state index contributed by atoms with van der Waals surface area (Å²) in [6.07, 6.45) is 0. The number of rotatable bonds is 8. The van der Waals surface area contributed by atoms with E-state index in [0.29, 0.717) is 24.6 Å². The van der Waals surface area contributed by atoms with Crippen molar-refractivity contribution in [2.75, 3.05) is 13.7 Å². The lowest BCUT2D eigenvalue weighted by Crippen LogP contribution is -2.22. The minimum Gasteiger partial charge on any atom is -0.497 e. The molecule has 3 rings (SSSR count). The Morgan fingerprint density at radius 2 is 1.75 bits per heavy atom. The minimum atomic E-state index is -0.130. The maximum Gasteiger partial charge on any atom is 0.251 e. The van der Waals surface area contributed by atoms with E-state index in [9.17, 15) is 4.79 Å². The topological polar surface area (TPSA) is 60.5 Å². The van der Waals surface area contributed by atoms with E-state index < -0.39 is 0 Å². The van der Waals surface area contributed by atoms with Crippen molar-refractivity contribution >= 4 is 17.2 Å². The largest absolute Gasteiger partial charge is 0.497 e. The predicted octanol–water partition coefficient (Wildman–Crippen LogP) is 4.78. The Morgan fingerprint density at radius 1 is 1.07 bits per heavy atom. The fourth-order valence-electron chi connectivity index (χ4n) is 2.49. The number of ether oxygens (including phenoxy) is 2. The first-order chi connectivity index (χ1) is 13.5. The molecule has 0 atom stereocenters. The van der Waals surface area contributed by atoms with Crippen LogP contribution in [0, 0.1) is 5.92 Å². The molecular formula is C22H24N2O3S. The third-order valence-corrected chi connectivity index (χ3v) is 4.96. The van der Waals surface area contributed by atoms with Gasteiger partial charge in [-0.25, -0.2) is 4.98 Å². The average Bonchev–Trinajstić information content (AvgIpc) is 3.20. The molecule has 0 aliphatic rings. The first-order valence-corrected chi connectivity index (χ1v) is 10.0. The molecule has 2 aromatic carbocycles. The van der Waals surface area contributed by atoms with Gasteiger partial charge in [-0.1, -0.05) is 13.8 Å². The number of hydrogen-bond acceptors (Lipinski definition) is 5. The molecule has 0 spiro atoms. The fraction of sp³-hybridized carbons (Fsp3) is 0.273. The van der Waals surface area contributed by atoms with Gasteiger partial charge in [0.2, 0.25) is 0 Å². The summed E-state index contributed by atoms with van der Waals surface area (Å²) < 4.78 is 10.8. The van der Waals surface area contributed by atoms with E-state index in [1.54, 1.807) is 30.6 Å². The van der Waals surface area contributed by atoms with Gasteiger partial charge in [0.25, 0.3) is 5.91 Å². The lowest BCUT2D eigenvalue weighted by atomic mass is 10.2. The van der Waals surface area contributed by atoms with E-state index in [1.165, 1.54) is 0 Å². The first kappa shape index (κ1) is 19.9. The Balaban J connectivity index is 1.55. The number of amides is 1. The molecule has 0 fully saturated rings. The quantitative estimate of drug-likeness (QED) is 0.595. The molecule has 0 unspecified atom stereocenters. The number of nitrogens with zero attached hydrogens (tertiary/aromatic N) is 1. The molecule has 0 radical (unpaired) electrons. The van der Waals surface area contributed by atoms with Gasteiger partial charge < -0.3 is 14.8 Å². The fourth-order valence-corrected chi connectivity index (χ4v) is 3.32. The number of carbonyl (C=O) groups is 1. The van der Waals surface area contributed by atoms with E-state index in [-0.39, 0.29) is 5.91 Å². The van der Waals surface area contributed by atoms with Gasteiger partial charge in [-0.3, -0.25) is 4.79 Å². The zero-order chi connectivity index (χ0) is 19.9. The van der Waals surface area contributed by atoms with Gasteiger partial charge in [-0.2, -0.15) is 0 Å². The smallest absolute Gasteiger partial charge is 0.251 e. The molecule has 0 aliphatic heterocycles. The van der Waals surface area contributed by atoms with Crippen molar-refractivity contribution in [2.24, 2.45) is 5.92 Å². The molecule has 1 heterocycles. The zero-order valence-electron chi connectivity index (χ0n) is 16.3. The number of aromatic nitrogens is 1. The summed E-state index contributed by atoms with van der Waals surface area (Å²) in [5, 5.41) is 5.79. The predicted molar refractivity (Wildman–Crippen MR) is 112 cm³/mol. The van der Waals surface area contributed by atoms with Crippen molar-refractivity contribution in [3.63, 3.8) is 0 Å². The Hall–Kier alpha value is -2.86. The molecule has 0 saturated carbocycles. The van der Waals surface area contributed by atoms with Gasteiger partial charge in [0, 0.05) is 16.5 Å². The maximum absolute atomic E-state index is 12.4. The number of thiazole rings is 1. The van der Waals surface area contributed by atoms with Gasteiger partial charge in [0.15, 0.2) is 0 Å². The van der Waals surface area contributed by atoms with E-state index in [2.05, 4.69) is 24.1 Å². The van der Waals surface area contributed by atoms with Crippen LogP contribution in [0.1, 0.15) is 29.9 Å². The van der Waals surface area contributed by atoms with Gasteiger partial charge in [0.05, 0.1) is 26.0 Å². The highest BCUT2D eigenvalue weighted by atomic mass is 32.1. The molecule has 0 aliphatic carbocycles. The highest BCUT2D eigenvalue weighted by molar-refractivity contribution is 7.13. The third kappa shape index (κ3) is 5.33. The average molecular weight is 397 g/mol. The zero-order valence-corrected chi connectivity index (χ0v) is 17.1. The Bertz CT molecular complexity index is 902. The lowest BCUT2D eigenvalue weighted by Gasteiger charge is -2.09. The van der Waals surface area contributed by atoms with Crippen molar-refractivity contribution in [2.45, 2.75) is 20.4 Å². The summed E-state index contributed by atoms with van der Waals surface area (Å²) in [7, 11) is 1.64. The van der Waals surface area contributed by atoms with Crippen LogP contribution in [0.5, 0.6) is 11.5 Å². The van der Waals surface area contributed by atoms with Crippen molar-refractivity contribution in [3.05, 3.63) is 65.2 Å². The molecule has 5 nitrogen and oxygen atoms in total. The second kappa shape index (κ2) is 9.37. The summed E-state index contributed by atoms with van der Waals surface area (Å²) in [5.41, 5.74) is 2.46. The maximum atomic E-state index is 12.4. The molecular weight excluding hydrogens is 372 g/mol. The van der Waals surface area contributed by atoms with Crippen LogP contribution < -0.4 is 14.8 Å². The van der Waals surface area contributed by atoms with Crippen molar-refractivity contribution in [1.29, 1.82) is 0 Å². The normalized spacial score (nSPS) is 10.7. The van der Waals surface area contributed by atoms with Crippen molar-refractivity contribution in [1.82, 2.24) is 10.3 Å². The van der Waals surface area contributed by atoms with Crippen LogP contribution in [0.3, 0.4) is 0 Å². The van der Waals surface area contributed by atoms with E-state index >= 15 is 0 Å². The second-order valence-corrected chi connectivity index (χ2v) is 7.64. The van der Waals surface area contributed by atoms with Crippen LogP contribution in [0.4, 0.5) is 0 Å². The van der Waals surface area contributed by atoms with E-state index in [1.807, 2.05) is 41.8 Å². The SMILES string of the molecule is COc1ccc(-c2nc(CNC(=O)c3ccc(OCC(C)C)cc3)cs2)cc1. The van der Waals surface area contributed by atoms with Gasteiger partial charge in [-0.05, 0) is 54.4 Å². The molecule has 6 heteroatoms. The standard InChI is InChI=1S/C22H24N2O3S/c1-15(2)13-27-20-10-4-16(5-11-20)21(25)23-12-18-14-28-22(24-18)17-6-8-19(26-3)9-7-17/h4-11,14-15H,12-13H2,1-3H3,(H,23,25). The lowest BCUT2D eigenvalue weighted by molar-refractivity contribution is 0.0950. The molecule has 1 amide bonds. The Morgan fingerprint density at radius 3 is 2.39 bits per heavy atom. The number of nitrogens with one attached hydrogen (secondary N) is 1. The monoisotopic (exact) mass is 396 g/mol. The number of hydrogen-bond donors (Lipinski definition) is 1. The molecule has 28 heavy (non-hydrogen) atoms.